The standard InChI is InChI=1S/C23H19ClN4O2/c24-16-7-4-8-17(11-16)26-20(29)13-27-12-19(15-5-2-1-3-6-15)21-22(27)23(30)28(14-25-21)18-9-10-18/h1-8,11-12,14,18H,9-10,13H2,(H,26,29). The molecular formula is C23H19ClN4O2. The van der Waals surface area contributed by atoms with Gasteiger partial charge in [-0.1, -0.05) is 48.0 Å². The van der Waals surface area contributed by atoms with Crippen LogP contribution in [-0.4, -0.2) is 20.0 Å². The smallest absolute Gasteiger partial charge is 0.278 e. The Labute approximate surface area is 177 Å². The fraction of sp³-hybridized carbons (Fsp3) is 0.174. The molecule has 30 heavy (non-hydrogen) atoms. The van der Waals surface area contributed by atoms with Gasteiger partial charge in [-0.25, -0.2) is 4.98 Å². The maximum absolute atomic E-state index is 13.2. The molecule has 1 aliphatic carbocycles. The van der Waals surface area contributed by atoms with E-state index < -0.39 is 0 Å². The summed E-state index contributed by atoms with van der Waals surface area (Å²) in [7, 11) is 0. The third-order valence-electron chi connectivity index (χ3n) is 5.25. The Bertz CT molecular complexity index is 1310. The van der Waals surface area contributed by atoms with Crippen LogP contribution >= 0.6 is 11.6 Å². The molecule has 6 nitrogen and oxygen atoms in total. The molecule has 2 aromatic heterocycles. The fourth-order valence-corrected chi connectivity index (χ4v) is 3.87. The summed E-state index contributed by atoms with van der Waals surface area (Å²) in [6.07, 6.45) is 5.43. The highest BCUT2D eigenvalue weighted by molar-refractivity contribution is 6.30. The summed E-state index contributed by atoms with van der Waals surface area (Å²) in [5.74, 6) is -0.241. The second-order valence-electron chi connectivity index (χ2n) is 7.48. The highest BCUT2D eigenvalue weighted by atomic mass is 35.5. The maximum Gasteiger partial charge on any atom is 0.278 e. The van der Waals surface area contributed by atoms with Gasteiger partial charge in [0.05, 0.1) is 6.33 Å². The van der Waals surface area contributed by atoms with Gasteiger partial charge in [-0.3, -0.25) is 14.2 Å². The van der Waals surface area contributed by atoms with Crippen LogP contribution < -0.4 is 10.9 Å². The van der Waals surface area contributed by atoms with Gasteiger partial charge < -0.3 is 9.88 Å². The average molecular weight is 419 g/mol. The molecule has 150 valence electrons. The van der Waals surface area contributed by atoms with Crippen molar-refractivity contribution in [2.75, 3.05) is 5.32 Å². The first-order valence-corrected chi connectivity index (χ1v) is 10.2. The summed E-state index contributed by atoms with van der Waals surface area (Å²) in [6, 6.07) is 16.9. The number of carbonyl (C=O) groups excluding carboxylic acids is 1. The Morgan fingerprint density at radius 1 is 1.13 bits per heavy atom. The molecule has 0 bridgehead atoms. The van der Waals surface area contributed by atoms with Crippen molar-refractivity contribution >= 4 is 34.2 Å². The number of benzene rings is 2. The number of hydrogen-bond acceptors (Lipinski definition) is 3. The SMILES string of the molecule is O=C(Cn1cc(-c2ccccc2)c2ncn(C3CC3)c(=O)c21)Nc1cccc(Cl)c1. The number of carbonyl (C=O) groups is 1. The molecule has 7 heteroatoms. The van der Waals surface area contributed by atoms with Crippen LogP contribution in [0.1, 0.15) is 18.9 Å². The number of fused-ring (bicyclic) bond motifs is 1. The lowest BCUT2D eigenvalue weighted by Gasteiger charge is -2.08. The fourth-order valence-electron chi connectivity index (χ4n) is 3.68. The van der Waals surface area contributed by atoms with Crippen molar-refractivity contribution in [1.29, 1.82) is 0 Å². The monoisotopic (exact) mass is 418 g/mol. The predicted molar refractivity (Wildman–Crippen MR) is 118 cm³/mol. The second-order valence-corrected chi connectivity index (χ2v) is 7.92. The average Bonchev–Trinajstić information content (AvgIpc) is 3.51. The van der Waals surface area contributed by atoms with E-state index in [1.54, 1.807) is 39.7 Å². The molecule has 0 unspecified atom stereocenters. The summed E-state index contributed by atoms with van der Waals surface area (Å²) in [5, 5.41) is 3.38. The van der Waals surface area contributed by atoms with E-state index >= 15 is 0 Å². The van der Waals surface area contributed by atoms with E-state index in [0.29, 0.717) is 21.7 Å². The lowest BCUT2D eigenvalue weighted by Crippen LogP contribution is -2.24. The molecule has 1 aliphatic rings. The summed E-state index contributed by atoms with van der Waals surface area (Å²) < 4.78 is 3.38. The van der Waals surface area contributed by atoms with Crippen molar-refractivity contribution in [2.45, 2.75) is 25.4 Å². The second kappa shape index (κ2) is 7.46. The molecular weight excluding hydrogens is 400 g/mol. The molecule has 0 spiro atoms. The maximum atomic E-state index is 13.2. The van der Waals surface area contributed by atoms with E-state index in [2.05, 4.69) is 10.3 Å². The van der Waals surface area contributed by atoms with Crippen LogP contribution in [0.5, 0.6) is 0 Å². The van der Waals surface area contributed by atoms with Crippen LogP contribution in [0.4, 0.5) is 5.69 Å². The van der Waals surface area contributed by atoms with Gasteiger partial charge in [0.2, 0.25) is 5.91 Å². The van der Waals surface area contributed by atoms with Gasteiger partial charge in [0, 0.05) is 28.5 Å². The van der Waals surface area contributed by atoms with E-state index in [9.17, 15) is 9.59 Å². The van der Waals surface area contributed by atoms with Crippen LogP contribution in [0.25, 0.3) is 22.2 Å². The summed E-state index contributed by atoms with van der Waals surface area (Å²) in [6.45, 7) is 0.00144. The highest BCUT2D eigenvalue weighted by Crippen LogP contribution is 2.34. The van der Waals surface area contributed by atoms with E-state index in [0.717, 1.165) is 24.0 Å². The van der Waals surface area contributed by atoms with Crippen LogP contribution in [0.2, 0.25) is 5.02 Å². The lowest BCUT2D eigenvalue weighted by atomic mass is 10.1. The minimum Gasteiger partial charge on any atom is -0.332 e. The molecule has 0 saturated heterocycles. The molecule has 0 aliphatic heterocycles. The van der Waals surface area contributed by atoms with Gasteiger partial charge in [0.25, 0.3) is 5.56 Å². The van der Waals surface area contributed by atoms with E-state index in [4.69, 9.17) is 11.6 Å². The van der Waals surface area contributed by atoms with Gasteiger partial charge in [-0.2, -0.15) is 0 Å². The number of amides is 1. The zero-order valence-electron chi connectivity index (χ0n) is 16.1. The van der Waals surface area contributed by atoms with Gasteiger partial charge in [0.15, 0.2) is 0 Å². The number of aromatic nitrogens is 3. The van der Waals surface area contributed by atoms with Crippen molar-refractivity contribution in [2.24, 2.45) is 0 Å². The van der Waals surface area contributed by atoms with Crippen molar-refractivity contribution in [3.63, 3.8) is 0 Å². The Morgan fingerprint density at radius 2 is 1.93 bits per heavy atom. The number of anilines is 1. The molecule has 1 amide bonds. The molecule has 5 rings (SSSR count). The Kier molecular flexibility index (Phi) is 4.64. The quantitative estimate of drug-likeness (QED) is 0.519. The summed E-state index contributed by atoms with van der Waals surface area (Å²) >= 11 is 6.00. The normalized spacial score (nSPS) is 13.5. The summed E-state index contributed by atoms with van der Waals surface area (Å²) in [5.41, 5.74) is 3.35. The minimum atomic E-state index is -0.241. The van der Waals surface area contributed by atoms with Crippen molar-refractivity contribution in [3.05, 3.63) is 82.5 Å². The van der Waals surface area contributed by atoms with Gasteiger partial charge in [0.1, 0.15) is 17.6 Å². The molecule has 1 N–H and O–H groups in total. The Morgan fingerprint density at radius 3 is 2.67 bits per heavy atom. The summed E-state index contributed by atoms with van der Waals surface area (Å²) in [4.78, 5) is 30.5. The van der Waals surface area contributed by atoms with E-state index in [1.165, 1.54) is 0 Å². The number of nitrogens with zero attached hydrogens (tertiary/aromatic N) is 3. The molecule has 4 aromatic rings. The predicted octanol–water partition coefficient (Wildman–Crippen LogP) is 4.49. The first kappa shape index (κ1) is 18.6. The van der Waals surface area contributed by atoms with E-state index in [-0.39, 0.29) is 24.1 Å². The van der Waals surface area contributed by atoms with Gasteiger partial charge >= 0.3 is 0 Å². The molecule has 0 radical (unpaired) electrons. The van der Waals surface area contributed by atoms with E-state index in [1.807, 2.05) is 36.5 Å². The zero-order valence-corrected chi connectivity index (χ0v) is 16.8. The number of halogens is 1. The minimum absolute atomic E-state index is 0.00144. The molecule has 1 saturated carbocycles. The Hall–Kier alpha value is -3.38. The van der Waals surface area contributed by atoms with Gasteiger partial charge in [-0.15, -0.1) is 0 Å². The third-order valence-corrected chi connectivity index (χ3v) is 5.48. The molecule has 0 atom stereocenters. The third kappa shape index (κ3) is 3.50. The first-order chi connectivity index (χ1) is 14.6. The number of rotatable bonds is 5. The van der Waals surface area contributed by atoms with Crippen LogP contribution in [0.3, 0.4) is 0 Å². The Balaban J connectivity index is 1.57. The van der Waals surface area contributed by atoms with Crippen molar-refractivity contribution in [3.8, 4) is 11.1 Å². The topological polar surface area (TPSA) is 68.9 Å². The number of hydrogen-bond donors (Lipinski definition) is 1. The van der Waals surface area contributed by atoms with Crippen LogP contribution in [-0.2, 0) is 11.3 Å². The first-order valence-electron chi connectivity index (χ1n) is 9.81. The highest BCUT2D eigenvalue weighted by Gasteiger charge is 2.27. The van der Waals surface area contributed by atoms with Crippen molar-refractivity contribution in [1.82, 2.24) is 14.1 Å². The molecule has 1 fully saturated rings. The molecule has 2 heterocycles. The van der Waals surface area contributed by atoms with Crippen molar-refractivity contribution < 1.29 is 4.79 Å². The lowest BCUT2D eigenvalue weighted by molar-refractivity contribution is -0.116. The van der Waals surface area contributed by atoms with Crippen LogP contribution in [0.15, 0.2) is 71.9 Å². The van der Waals surface area contributed by atoms with Crippen LogP contribution in [0, 0.1) is 0 Å². The zero-order chi connectivity index (χ0) is 20.7. The largest absolute Gasteiger partial charge is 0.332 e. The number of nitrogens with one attached hydrogen (secondary N) is 1. The molecule has 2 aromatic carbocycles. The van der Waals surface area contributed by atoms with Gasteiger partial charge in [-0.05, 0) is 36.6 Å².